The molecule has 4 rings (SSSR count). The third-order valence-electron chi connectivity index (χ3n) is 6.45. The lowest BCUT2D eigenvalue weighted by Gasteiger charge is -2.32. The Balaban J connectivity index is 1.53. The highest BCUT2D eigenvalue weighted by Gasteiger charge is 2.51. The van der Waals surface area contributed by atoms with Gasteiger partial charge in [0, 0.05) is 18.4 Å². The van der Waals surface area contributed by atoms with E-state index in [4.69, 9.17) is 14.0 Å². The van der Waals surface area contributed by atoms with Gasteiger partial charge in [-0.25, -0.2) is 4.39 Å². The molecule has 1 saturated heterocycles. The summed E-state index contributed by atoms with van der Waals surface area (Å²) in [5, 5.41) is 10.8. The molecule has 0 radical (unpaired) electrons. The summed E-state index contributed by atoms with van der Waals surface area (Å²) in [6, 6.07) is 10.5. The molecule has 2 aromatic carbocycles. The Hall–Kier alpha value is -1.89. The van der Waals surface area contributed by atoms with Gasteiger partial charge in [-0.05, 0) is 69.4 Å². The smallest absolute Gasteiger partial charge is 0.490 e. The molecule has 2 unspecified atom stereocenters. The van der Waals surface area contributed by atoms with Crippen LogP contribution >= 0.6 is 0 Å². The standard InChI is InChI=1S/C23H28BFO4/c1-14-10-17(25)8-6-15(14)11-18-13-20(26)19-12-16(7-9-21(19)27-18)24-28-22(2,3)23(4,5)29-24/h6-10,12,18,20,26H,11,13H2,1-5H3. The van der Waals surface area contributed by atoms with Crippen LogP contribution in [0.1, 0.15) is 56.9 Å². The first kappa shape index (κ1) is 20.4. The zero-order valence-corrected chi connectivity index (χ0v) is 17.7. The second-order valence-corrected chi connectivity index (χ2v) is 9.15. The third-order valence-corrected chi connectivity index (χ3v) is 6.45. The molecule has 0 aliphatic carbocycles. The number of aliphatic hydroxyl groups is 1. The molecular weight excluding hydrogens is 370 g/mol. The predicted octanol–water partition coefficient (Wildman–Crippen LogP) is 3.86. The molecule has 1 fully saturated rings. The number of halogens is 1. The van der Waals surface area contributed by atoms with E-state index < -0.39 is 24.4 Å². The van der Waals surface area contributed by atoms with Crippen LogP contribution in [0, 0.1) is 12.7 Å². The molecule has 6 heteroatoms. The number of aryl methyl sites for hydroxylation is 1. The van der Waals surface area contributed by atoms with Gasteiger partial charge in [0.05, 0.1) is 17.3 Å². The quantitative estimate of drug-likeness (QED) is 0.798. The normalized spacial score (nSPS) is 24.9. The minimum absolute atomic E-state index is 0.163. The van der Waals surface area contributed by atoms with E-state index in [9.17, 15) is 9.50 Å². The predicted molar refractivity (Wildman–Crippen MR) is 111 cm³/mol. The van der Waals surface area contributed by atoms with Gasteiger partial charge in [0.25, 0.3) is 0 Å². The van der Waals surface area contributed by atoms with Gasteiger partial charge in [0.1, 0.15) is 17.7 Å². The van der Waals surface area contributed by atoms with E-state index in [-0.39, 0.29) is 11.9 Å². The zero-order valence-electron chi connectivity index (χ0n) is 17.7. The summed E-state index contributed by atoms with van der Waals surface area (Å²) in [5.41, 5.74) is 2.72. The highest BCUT2D eigenvalue weighted by atomic mass is 19.1. The number of ether oxygens (including phenoxy) is 1. The summed E-state index contributed by atoms with van der Waals surface area (Å²) in [4.78, 5) is 0. The number of benzene rings is 2. The molecule has 0 spiro atoms. The van der Waals surface area contributed by atoms with Gasteiger partial charge in [0.2, 0.25) is 0 Å². The van der Waals surface area contributed by atoms with E-state index in [1.54, 1.807) is 6.07 Å². The zero-order chi connectivity index (χ0) is 21.0. The highest BCUT2D eigenvalue weighted by Crippen LogP contribution is 2.38. The molecule has 154 valence electrons. The lowest BCUT2D eigenvalue weighted by molar-refractivity contribution is 0.00578. The molecule has 2 aliphatic heterocycles. The largest absolute Gasteiger partial charge is 0.494 e. The molecule has 2 aromatic rings. The van der Waals surface area contributed by atoms with Crippen LogP contribution in [0.5, 0.6) is 5.75 Å². The van der Waals surface area contributed by atoms with Crippen LogP contribution in [0.2, 0.25) is 0 Å². The maximum absolute atomic E-state index is 13.4. The van der Waals surface area contributed by atoms with E-state index in [1.165, 1.54) is 12.1 Å². The van der Waals surface area contributed by atoms with Gasteiger partial charge in [-0.1, -0.05) is 18.2 Å². The summed E-state index contributed by atoms with van der Waals surface area (Å²) >= 11 is 0. The van der Waals surface area contributed by atoms with Crippen molar-refractivity contribution >= 4 is 12.6 Å². The summed E-state index contributed by atoms with van der Waals surface area (Å²) in [6.45, 7) is 9.97. The topological polar surface area (TPSA) is 47.9 Å². The summed E-state index contributed by atoms with van der Waals surface area (Å²) < 4.78 is 31.8. The SMILES string of the molecule is Cc1cc(F)ccc1CC1CC(O)c2cc(B3OC(C)(C)C(C)(C)O3)ccc2O1. The molecule has 0 bridgehead atoms. The number of hydrogen-bond acceptors (Lipinski definition) is 4. The van der Waals surface area contributed by atoms with Crippen molar-refractivity contribution in [2.24, 2.45) is 0 Å². The molecule has 0 amide bonds. The maximum Gasteiger partial charge on any atom is 0.494 e. The van der Waals surface area contributed by atoms with Crippen LogP contribution in [-0.2, 0) is 15.7 Å². The molecule has 2 atom stereocenters. The van der Waals surface area contributed by atoms with Crippen molar-refractivity contribution in [3.63, 3.8) is 0 Å². The molecule has 4 nitrogen and oxygen atoms in total. The molecule has 29 heavy (non-hydrogen) atoms. The number of fused-ring (bicyclic) bond motifs is 1. The maximum atomic E-state index is 13.4. The Morgan fingerprint density at radius 3 is 2.41 bits per heavy atom. The Morgan fingerprint density at radius 2 is 1.76 bits per heavy atom. The average Bonchev–Trinajstić information content (AvgIpc) is 2.85. The fraction of sp³-hybridized carbons (Fsp3) is 0.478. The van der Waals surface area contributed by atoms with Crippen molar-refractivity contribution in [1.82, 2.24) is 0 Å². The molecule has 1 N–H and O–H groups in total. The Bertz CT molecular complexity index is 911. The van der Waals surface area contributed by atoms with Crippen molar-refractivity contribution in [2.45, 2.75) is 70.9 Å². The third kappa shape index (κ3) is 3.81. The number of aliphatic hydroxyl groups excluding tert-OH is 1. The number of rotatable bonds is 3. The monoisotopic (exact) mass is 398 g/mol. The minimum Gasteiger partial charge on any atom is -0.490 e. The first-order valence-corrected chi connectivity index (χ1v) is 10.1. The van der Waals surface area contributed by atoms with Gasteiger partial charge in [-0.2, -0.15) is 0 Å². The Labute approximate surface area is 172 Å². The van der Waals surface area contributed by atoms with Gasteiger partial charge in [-0.3, -0.25) is 0 Å². The summed E-state index contributed by atoms with van der Waals surface area (Å²) in [7, 11) is -0.475. The van der Waals surface area contributed by atoms with Gasteiger partial charge < -0.3 is 19.2 Å². The molecule has 2 heterocycles. The van der Waals surface area contributed by atoms with E-state index >= 15 is 0 Å². The minimum atomic E-state index is -0.633. The van der Waals surface area contributed by atoms with Crippen LogP contribution in [0.15, 0.2) is 36.4 Å². The van der Waals surface area contributed by atoms with E-state index in [1.807, 2.05) is 52.8 Å². The van der Waals surface area contributed by atoms with Gasteiger partial charge >= 0.3 is 7.12 Å². The van der Waals surface area contributed by atoms with Gasteiger partial charge in [-0.15, -0.1) is 0 Å². The highest BCUT2D eigenvalue weighted by molar-refractivity contribution is 6.62. The molecule has 0 aromatic heterocycles. The lowest BCUT2D eigenvalue weighted by Crippen LogP contribution is -2.41. The van der Waals surface area contributed by atoms with Gasteiger partial charge in [0.15, 0.2) is 0 Å². The lowest BCUT2D eigenvalue weighted by atomic mass is 9.77. The first-order valence-electron chi connectivity index (χ1n) is 10.1. The van der Waals surface area contributed by atoms with Crippen molar-refractivity contribution in [2.75, 3.05) is 0 Å². The molecule has 0 saturated carbocycles. The van der Waals surface area contributed by atoms with Crippen LogP contribution in [0.3, 0.4) is 0 Å². The fourth-order valence-electron chi connectivity index (χ4n) is 3.92. The van der Waals surface area contributed by atoms with E-state index in [0.29, 0.717) is 18.6 Å². The van der Waals surface area contributed by atoms with Crippen LogP contribution in [-0.4, -0.2) is 29.5 Å². The first-order chi connectivity index (χ1) is 13.6. The molecule has 2 aliphatic rings. The van der Waals surface area contributed by atoms with Crippen LogP contribution < -0.4 is 10.2 Å². The summed E-state index contributed by atoms with van der Waals surface area (Å²) in [6.07, 6.45) is 0.314. The fourth-order valence-corrected chi connectivity index (χ4v) is 3.92. The Kier molecular flexibility index (Phi) is 5.00. The average molecular weight is 398 g/mol. The van der Waals surface area contributed by atoms with Crippen molar-refractivity contribution in [1.29, 1.82) is 0 Å². The second-order valence-electron chi connectivity index (χ2n) is 9.15. The van der Waals surface area contributed by atoms with E-state index in [2.05, 4.69) is 0 Å². The van der Waals surface area contributed by atoms with Crippen LogP contribution in [0.4, 0.5) is 4.39 Å². The van der Waals surface area contributed by atoms with Crippen molar-refractivity contribution < 1.29 is 23.5 Å². The Morgan fingerprint density at radius 1 is 1.07 bits per heavy atom. The number of hydrogen-bond donors (Lipinski definition) is 1. The molecular formula is C23H28BFO4. The summed E-state index contributed by atoms with van der Waals surface area (Å²) in [5.74, 6) is 0.435. The van der Waals surface area contributed by atoms with Crippen molar-refractivity contribution in [3.05, 3.63) is 58.9 Å². The van der Waals surface area contributed by atoms with Crippen LogP contribution in [0.25, 0.3) is 0 Å². The van der Waals surface area contributed by atoms with Crippen molar-refractivity contribution in [3.8, 4) is 5.75 Å². The second kappa shape index (κ2) is 7.12. The van der Waals surface area contributed by atoms with E-state index in [0.717, 1.165) is 22.2 Å².